The molecule has 0 spiro atoms. The van der Waals surface area contributed by atoms with Gasteiger partial charge in [0.25, 0.3) is 0 Å². The third-order valence-electron chi connectivity index (χ3n) is 3.26. The highest BCUT2D eigenvalue weighted by atomic mass is 32.2. The number of nitrogens with zero attached hydrogens (tertiary/aromatic N) is 3. The standard InChI is InChI=1S/C15H17N5S/c1-9-5-12(4-3-11(9)6-10(2)16)21-15-13-14(18-7-17-13)19-8-20-15/h3-5,7-8,10H,6,16H2,1-2H3,(H,17,18,19,20). The van der Waals surface area contributed by atoms with Crippen LogP contribution in [0.4, 0.5) is 0 Å². The number of aromatic amines is 1. The number of H-pyrrole nitrogens is 1. The van der Waals surface area contributed by atoms with Crippen LogP contribution in [-0.2, 0) is 6.42 Å². The third kappa shape index (κ3) is 3.06. The first-order chi connectivity index (χ1) is 10.1. The van der Waals surface area contributed by atoms with E-state index in [9.17, 15) is 0 Å². The predicted molar refractivity (Wildman–Crippen MR) is 84.3 cm³/mol. The number of aryl methyl sites for hydroxylation is 1. The number of aromatic nitrogens is 4. The number of hydrogen-bond donors (Lipinski definition) is 2. The van der Waals surface area contributed by atoms with Crippen LogP contribution < -0.4 is 5.73 Å². The van der Waals surface area contributed by atoms with Crippen molar-refractivity contribution in [2.75, 3.05) is 0 Å². The van der Waals surface area contributed by atoms with Crippen molar-refractivity contribution in [3.63, 3.8) is 0 Å². The van der Waals surface area contributed by atoms with E-state index in [-0.39, 0.29) is 6.04 Å². The summed E-state index contributed by atoms with van der Waals surface area (Å²) in [7, 11) is 0. The van der Waals surface area contributed by atoms with Crippen molar-refractivity contribution < 1.29 is 0 Å². The van der Waals surface area contributed by atoms with Gasteiger partial charge in [0.15, 0.2) is 5.65 Å². The Hall–Kier alpha value is -1.92. The molecule has 5 nitrogen and oxygen atoms in total. The first kappa shape index (κ1) is 14.0. The number of nitrogens with one attached hydrogen (secondary N) is 1. The number of imidazole rings is 1. The van der Waals surface area contributed by atoms with Crippen LogP contribution in [0.5, 0.6) is 0 Å². The molecule has 0 aliphatic rings. The van der Waals surface area contributed by atoms with E-state index >= 15 is 0 Å². The van der Waals surface area contributed by atoms with Crippen molar-refractivity contribution in [2.24, 2.45) is 5.73 Å². The lowest BCUT2D eigenvalue weighted by Gasteiger charge is -2.10. The molecular formula is C15H17N5S. The molecule has 0 aliphatic carbocycles. The fourth-order valence-corrected chi connectivity index (χ4v) is 3.19. The second-order valence-corrected chi connectivity index (χ2v) is 6.21. The zero-order chi connectivity index (χ0) is 14.8. The Bertz CT molecular complexity index is 766. The Morgan fingerprint density at radius 1 is 1.29 bits per heavy atom. The molecule has 108 valence electrons. The van der Waals surface area contributed by atoms with E-state index in [1.54, 1.807) is 24.4 Å². The van der Waals surface area contributed by atoms with Gasteiger partial charge in [-0.05, 0) is 43.5 Å². The fraction of sp³-hybridized carbons (Fsp3) is 0.267. The maximum atomic E-state index is 5.87. The Balaban J connectivity index is 1.88. The van der Waals surface area contributed by atoms with Crippen molar-refractivity contribution in [2.45, 2.75) is 36.2 Å². The highest BCUT2D eigenvalue weighted by Crippen LogP contribution is 2.30. The number of rotatable bonds is 4. The summed E-state index contributed by atoms with van der Waals surface area (Å²) >= 11 is 1.61. The van der Waals surface area contributed by atoms with Crippen LogP contribution in [0.1, 0.15) is 18.1 Å². The molecule has 0 aliphatic heterocycles. The molecule has 6 heteroatoms. The quantitative estimate of drug-likeness (QED) is 0.724. The Morgan fingerprint density at radius 3 is 2.90 bits per heavy atom. The SMILES string of the molecule is Cc1cc(Sc2ncnc3nc[nH]c23)ccc1CC(C)N. The van der Waals surface area contributed by atoms with Crippen LogP contribution in [0.3, 0.4) is 0 Å². The number of hydrogen-bond acceptors (Lipinski definition) is 5. The minimum Gasteiger partial charge on any atom is -0.341 e. The maximum absolute atomic E-state index is 5.87. The summed E-state index contributed by atoms with van der Waals surface area (Å²) in [6.07, 6.45) is 4.08. The lowest BCUT2D eigenvalue weighted by atomic mass is 10.0. The zero-order valence-corrected chi connectivity index (χ0v) is 12.8. The molecule has 2 aromatic heterocycles. The molecule has 3 N–H and O–H groups in total. The molecule has 3 aromatic rings. The van der Waals surface area contributed by atoms with E-state index in [0.29, 0.717) is 5.65 Å². The van der Waals surface area contributed by atoms with E-state index in [1.165, 1.54) is 11.1 Å². The minimum absolute atomic E-state index is 0.175. The molecule has 0 saturated heterocycles. The highest BCUT2D eigenvalue weighted by Gasteiger charge is 2.09. The van der Waals surface area contributed by atoms with E-state index in [1.807, 2.05) is 6.92 Å². The minimum atomic E-state index is 0.175. The zero-order valence-electron chi connectivity index (χ0n) is 12.0. The van der Waals surface area contributed by atoms with Gasteiger partial charge in [0.05, 0.1) is 6.33 Å². The average molecular weight is 299 g/mol. The molecule has 0 fully saturated rings. The van der Waals surface area contributed by atoms with Gasteiger partial charge in [0.1, 0.15) is 16.9 Å². The van der Waals surface area contributed by atoms with E-state index in [0.717, 1.165) is 21.9 Å². The summed E-state index contributed by atoms with van der Waals surface area (Å²) in [6, 6.07) is 6.60. The Labute approximate surface area is 127 Å². The van der Waals surface area contributed by atoms with Gasteiger partial charge in [-0.25, -0.2) is 15.0 Å². The summed E-state index contributed by atoms with van der Waals surface area (Å²) < 4.78 is 0. The Kier molecular flexibility index (Phi) is 3.90. The van der Waals surface area contributed by atoms with Crippen LogP contribution in [0, 0.1) is 6.92 Å². The molecule has 1 unspecified atom stereocenters. The van der Waals surface area contributed by atoms with Crippen LogP contribution in [0.2, 0.25) is 0 Å². The number of fused-ring (bicyclic) bond motifs is 1. The number of nitrogens with two attached hydrogens (primary N) is 1. The lowest BCUT2D eigenvalue weighted by Crippen LogP contribution is -2.18. The van der Waals surface area contributed by atoms with Crippen LogP contribution in [0.15, 0.2) is 40.8 Å². The van der Waals surface area contributed by atoms with Gasteiger partial charge in [-0.15, -0.1) is 0 Å². The maximum Gasteiger partial charge on any atom is 0.181 e. The molecular weight excluding hydrogens is 282 g/mol. The first-order valence-corrected chi connectivity index (χ1v) is 7.62. The second-order valence-electron chi connectivity index (χ2n) is 5.15. The van der Waals surface area contributed by atoms with Crippen LogP contribution >= 0.6 is 11.8 Å². The second kappa shape index (κ2) is 5.83. The molecule has 1 aromatic carbocycles. The highest BCUT2D eigenvalue weighted by molar-refractivity contribution is 7.99. The predicted octanol–water partition coefficient (Wildman–Crippen LogP) is 2.70. The van der Waals surface area contributed by atoms with Crippen molar-refractivity contribution in [1.82, 2.24) is 19.9 Å². The van der Waals surface area contributed by atoms with Gasteiger partial charge in [-0.1, -0.05) is 17.8 Å². The van der Waals surface area contributed by atoms with E-state index < -0.39 is 0 Å². The summed E-state index contributed by atoms with van der Waals surface area (Å²) in [6.45, 7) is 4.14. The summed E-state index contributed by atoms with van der Waals surface area (Å²) in [5.74, 6) is 0. The normalized spacial score (nSPS) is 12.7. The van der Waals surface area contributed by atoms with Gasteiger partial charge in [0, 0.05) is 10.9 Å². The van der Waals surface area contributed by atoms with E-state index in [2.05, 4.69) is 45.1 Å². The average Bonchev–Trinajstić information content (AvgIpc) is 2.91. The largest absolute Gasteiger partial charge is 0.341 e. The molecule has 1 atom stereocenters. The third-order valence-corrected chi connectivity index (χ3v) is 4.25. The van der Waals surface area contributed by atoms with Gasteiger partial charge in [-0.2, -0.15) is 0 Å². The summed E-state index contributed by atoms with van der Waals surface area (Å²) in [5.41, 5.74) is 9.99. The first-order valence-electron chi connectivity index (χ1n) is 6.80. The van der Waals surface area contributed by atoms with Crippen molar-refractivity contribution in [3.8, 4) is 0 Å². The topological polar surface area (TPSA) is 80.5 Å². The molecule has 0 radical (unpaired) electrons. The summed E-state index contributed by atoms with van der Waals surface area (Å²) in [5, 5.41) is 0.886. The molecule has 2 heterocycles. The number of benzene rings is 1. The molecule has 0 saturated carbocycles. The smallest absolute Gasteiger partial charge is 0.181 e. The van der Waals surface area contributed by atoms with Crippen molar-refractivity contribution >= 4 is 22.9 Å². The summed E-state index contributed by atoms with van der Waals surface area (Å²) in [4.78, 5) is 16.8. The van der Waals surface area contributed by atoms with E-state index in [4.69, 9.17) is 5.73 Å². The van der Waals surface area contributed by atoms with Crippen LogP contribution in [-0.4, -0.2) is 26.0 Å². The molecule has 0 amide bonds. The lowest BCUT2D eigenvalue weighted by molar-refractivity contribution is 0.734. The Morgan fingerprint density at radius 2 is 2.14 bits per heavy atom. The molecule has 21 heavy (non-hydrogen) atoms. The van der Waals surface area contributed by atoms with Crippen molar-refractivity contribution in [1.29, 1.82) is 0 Å². The van der Waals surface area contributed by atoms with Gasteiger partial charge in [0.2, 0.25) is 0 Å². The fourth-order valence-electron chi connectivity index (χ4n) is 2.24. The van der Waals surface area contributed by atoms with Gasteiger partial charge >= 0.3 is 0 Å². The van der Waals surface area contributed by atoms with Gasteiger partial charge < -0.3 is 10.7 Å². The van der Waals surface area contributed by atoms with Gasteiger partial charge in [-0.3, -0.25) is 0 Å². The van der Waals surface area contributed by atoms with Crippen LogP contribution in [0.25, 0.3) is 11.2 Å². The molecule has 3 rings (SSSR count). The monoisotopic (exact) mass is 299 g/mol. The molecule has 0 bridgehead atoms. The van der Waals surface area contributed by atoms with Crippen molar-refractivity contribution in [3.05, 3.63) is 42.0 Å².